The Morgan fingerprint density at radius 1 is 1.17 bits per heavy atom. The normalized spacial score (nSPS) is 17.2. The number of benzene rings is 1. The van der Waals surface area contributed by atoms with Crippen molar-refractivity contribution >= 4 is 22.5 Å². The number of amides is 1. The van der Waals surface area contributed by atoms with Crippen molar-refractivity contribution in [2.24, 2.45) is 0 Å². The molecular formula is C19H18N4O. The van der Waals surface area contributed by atoms with Crippen LogP contribution in [0.3, 0.4) is 0 Å². The smallest absolute Gasteiger partial charge is 0.253 e. The van der Waals surface area contributed by atoms with Crippen LogP contribution in [-0.4, -0.2) is 39.9 Å². The molecule has 5 nitrogen and oxygen atoms in total. The summed E-state index contributed by atoms with van der Waals surface area (Å²) in [6.07, 6.45) is 6.26. The van der Waals surface area contributed by atoms with Crippen LogP contribution in [0.25, 0.3) is 10.9 Å². The maximum Gasteiger partial charge on any atom is 0.253 e. The summed E-state index contributed by atoms with van der Waals surface area (Å²) in [6.45, 7) is 1.47. The molecule has 1 aliphatic heterocycles. The van der Waals surface area contributed by atoms with Gasteiger partial charge in [-0.15, -0.1) is 0 Å². The van der Waals surface area contributed by atoms with Crippen LogP contribution in [0.4, 0.5) is 5.69 Å². The molecule has 1 unspecified atom stereocenters. The van der Waals surface area contributed by atoms with Gasteiger partial charge in [0.2, 0.25) is 0 Å². The highest BCUT2D eigenvalue weighted by molar-refractivity contribution is 5.98. The Morgan fingerprint density at radius 2 is 2.08 bits per heavy atom. The fourth-order valence-electron chi connectivity index (χ4n) is 3.14. The molecule has 1 fully saturated rings. The highest BCUT2D eigenvalue weighted by atomic mass is 16.2. The molecule has 0 bridgehead atoms. The van der Waals surface area contributed by atoms with Gasteiger partial charge in [-0.1, -0.05) is 6.07 Å². The molecule has 24 heavy (non-hydrogen) atoms. The molecule has 4 rings (SSSR count). The van der Waals surface area contributed by atoms with E-state index in [0.717, 1.165) is 35.1 Å². The van der Waals surface area contributed by atoms with E-state index < -0.39 is 0 Å². The Kier molecular flexibility index (Phi) is 3.83. The second-order valence-electron chi connectivity index (χ2n) is 6.03. The monoisotopic (exact) mass is 318 g/mol. The third-order valence-corrected chi connectivity index (χ3v) is 4.36. The number of fused-ring (bicyclic) bond motifs is 1. The molecule has 1 saturated heterocycles. The number of pyridine rings is 2. The Balaban J connectivity index is 1.46. The molecule has 1 aliphatic rings. The molecule has 120 valence electrons. The SMILES string of the molecule is O=C(c1ccc2ncccc2c1)N1CCC(Nc2cccnc2)C1. The molecule has 1 aromatic carbocycles. The topological polar surface area (TPSA) is 58.1 Å². The van der Waals surface area contributed by atoms with Gasteiger partial charge in [0.1, 0.15) is 0 Å². The van der Waals surface area contributed by atoms with E-state index >= 15 is 0 Å². The highest BCUT2D eigenvalue weighted by Crippen LogP contribution is 2.19. The summed E-state index contributed by atoms with van der Waals surface area (Å²) in [5.74, 6) is 0.0799. The largest absolute Gasteiger partial charge is 0.379 e. The molecule has 1 atom stereocenters. The standard InChI is InChI=1S/C19H18N4O/c24-19(15-5-6-18-14(11-15)3-1-9-21-18)23-10-7-17(13-23)22-16-4-2-8-20-12-16/h1-6,8-9,11-12,17,22H,7,10,13H2. The summed E-state index contributed by atoms with van der Waals surface area (Å²) in [7, 11) is 0. The van der Waals surface area contributed by atoms with E-state index in [1.54, 1.807) is 18.6 Å². The number of anilines is 1. The van der Waals surface area contributed by atoms with E-state index in [9.17, 15) is 4.79 Å². The lowest BCUT2D eigenvalue weighted by Crippen LogP contribution is -2.31. The Bertz CT molecular complexity index is 865. The van der Waals surface area contributed by atoms with Crippen LogP contribution in [0.2, 0.25) is 0 Å². The van der Waals surface area contributed by atoms with Gasteiger partial charge in [-0.05, 0) is 42.8 Å². The number of carbonyl (C=O) groups is 1. The maximum absolute atomic E-state index is 12.8. The Labute approximate surface area is 140 Å². The van der Waals surface area contributed by atoms with Gasteiger partial charge in [0.15, 0.2) is 0 Å². The molecule has 5 heteroatoms. The molecule has 2 aromatic heterocycles. The third kappa shape index (κ3) is 2.93. The fourth-order valence-corrected chi connectivity index (χ4v) is 3.14. The summed E-state index contributed by atoms with van der Waals surface area (Å²) >= 11 is 0. The molecule has 3 heterocycles. The van der Waals surface area contributed by atoms with Crippen LogP contribution in [-0.2, 0) is 0 Å². The van der Waals surface area contributed by atoms with Crippen molar-refractivity contribution in [2.45, 2.75) is 12.5 Å². The second-order valence-corrected chi connectivity index (χ2v) is 6.03. The van der Waals surface area contributed by atoms with Gasteiger partial charge in [-0.2, -0.15) is 0 Å². The summed E-state index contributed by atoms with van der Waals surface area (Å²) in [5, 5.41) is 4.43. The van der Waals surface area contributed by atoms with Crippen LogP contribution in [0.1, 0.15) is 16.8 Å². The molecule has 0 radical (unpaired) electrons. The van der Waals surface area contributed by atoms with E-state index in [2.05, 4.69) is 15.3 Å². The van der Waals surface area contributed by atoms with E-state index in [0.29, 0.717) is 6.54 Å². The van der Waals surface area contributed by atoms with Gasteiger partial charge < -0.3 is 10.2 Å². The first kappa shape index (κ1) is 14.6. The average molecular weight is 318 g/mol. The minimum Gasteiger partial charge on any atom is -0.379 e. The summed E-state index contributed by atoms with van der Waals surface area (Å²) < 4.78 is 0. The van der Waals surface area contributed by atoms with Crippen LogP contribution in [0, 0.1) is 0 Å². The first-order valence-electron chi connectivity index (χ1n) is 8.10. The van der Waals surface area contributed by atoms with Crippen LogP contribution >= 0.6 is 0 Å². The lowest BCUT2D eigenvalue weighted by atomic mass is 10.1. The Hall–Kier alpha value is -2.95. The number of nitrogens with one attached hydrogen (secondary N) is 1. The summed E-state index contributed by atoms with van der Waals surface area (Å²) in [6, 6.07) is 13.7. The number of carbonyl (C=O) groups excluding carboxylic acids is 1. The first-order valence-corrected chi connectivity index (χ1v) is 8.10. The fraction of sp³-hybridized carbons (Fsp3) is 0.211. The summed E-state index contributed by atoms with van der Waals surface area (Å²) in [4.78, 5) is 23.1. The zero-order valence-electron chi connectivity index (χ0n) is 13.2. The van der Waals surface area contributed by atoms with Crippen molar-refractivity contribution in [2.75, 3.05) is 18.4 Å². The van der Waals surface area contributed by atoms with Gasteiger partial charge in [0, 0.05) is 48.7 Å². The van der Waals surface area contributed by atoms with Gasteiger partial charge in [-0.3, -0.25) is 14.8 Å². The zero-order valence-corrected chi connectivity index (χ0v) is 13.2. The molecule has 1 amide bonds. The third-order valence-electron chi connectivity index (χ3n) is 4.36. The number of nitrogens with zero attached hydrogens (tertiary/aromatic N) is 3. The predicted octanol–water partition coefficient (Wildman–Crippen LogP) is 2.96. The molecule has 0 aliphatic carbocycles. The van der Waals surface area contributed by atoms with Crippen LogP contribution in [0.15, 0.2) is 61.1 Å². The number of likely N-dealkylation sites (tertiary alicyclic amines) is 1. The molecule has 0 spiro atoms. The minimum absolute atomic E-state index is 0.0799. The second kappa shape index (κ2) is 6.28. The maximum atomic E-state index is 12.8. The number of hydrogen-bond acceptors (Lipinski definition) is 4. The van der Waals surface area contributed by atoms with Crippen molar-refractivity contribution in [1.82, 2.24) is 14.9 Å². The summed E-state index contributed by atoms with van der Waals surface area (Å²) in [5.41, 5.74) is 2.62. The molecule has 1 N–H and O–H groups in total. The van der Waals surface area contributed by atoms with Crippen molar-refractivity contribution < 1.29 is 4.79 Å². The number of rotatable bonds is 3. The van der Waals surface area contributed by atoms with Gasteiger partial charge in [0.25, 0.3) is 5.91 Å². The molecular weight excluding hydrogens is 300 g/mol. The first-order chi connectivity index (χ1) is 11.8. The van der Waals surface area contributed by atoms with Crippen molar-refractivity contribution in [1.29, 1.82) is 0 Å². The zero-order chi connectivity index (χ0) is 16.4. The Morgan fingerprint density at radius 3 is 2.96 bits per heavy atom. The highest BCUT2D eigenvalue weighted by Gasteiger charge is 2.27. The van der Waals surface area contributed by atoms with Gasteiger partial charge in [0.05, 0.1) is 11.2 Å². The lowest BCUT2D eigenvalue weighted by molar-refractivity contribution is 0.0792. The molecule has 3 aromatic rings. The van der Waals surface area contributed by atoms with E-state index in [4.69, 9.17) is 0 Å². The van der Waals surface area contributed by atoms with E-state index in [1.807, 2.05) is 47.4 Å². The lowest BCUT2D eigenvalue weighted by Gasteiger charge is -2.18. The van der Waals surface area contributed by atoms with Crippen molar-refractivity contribution in [3.05, 3.63) is 66.6 Å². The average Bonchev–Trinajstić information content (AvgIpc) is 3.10. The van der Waals surface area contributed by atoms with Crippen molar-refractivity contribution in [3.63, 3.8) is 0 Å². The van der Waals surface area contributed by atoms with Crippen molar-refractivity contribution in [3.8, 4) is 0 Å². The van der Waals surface area contributed by atoms with Crippen LogP contribution in [0.5, 0.6) is 0 Å². The molecule has 0 saturated carbocycles. The minimum atomic E-state index is 0.0799. The number of hydrogen-bond donors (Lipinski definition) is 1. The van der Waals surface area contributed by atoms with Gasteiger partial charge in [-0.25, -0.2) is 0 Å². The van der Waals surface area contributed by atoms with Crippen LogP contribution < -0.4 is 5.32 Å². The predicted molar refractivity (Wildman–Crippen MR) is 93.9 cm³/mol. The number of aromatic nitrogens is 2. The van der Waals surface area contributed by atoms with E-state index in [1.165, 1.54) is 0 Å². The quantitative estimate of drug-likeness (QED) is 0.806. The van der Waals surface area contributed by atoms with E-state index in [-0.39, 0.29) is 11.9 Å². The van der Waals surface area contributed by atoms with Gasteiger partial charge >= 0.3 is 0 Å².